The normalized spacial score (nSPS) is 14.2. The topological polar surface area (TPSA) is 58.4 Å². The minimum atomic E-state index is -0.0200. The zero-order valence-corrected chi connectivity index (χ0v) is 13.3. The van der Waals surface area contributed by atoms with Crippen LogP contribution in [0.15, 0.2) is 28.7 Å². The monoisotopic (exact) mass is 327 g/mol. The fraction of sp³-hybridized carbons (Fsp3) is 0.500. The van der Waals surface area contributed by atoms with Crippen molar-refractivity contribution < 1.29 is 4.79 Å². The van der Waals surface area contributed by atoms with E-state index in [9.17, 15) is 4.79 Å². The van der Waals surface area contributed by atoms with Crippen molar-refractivity contribution in [3.8, 4) is 0 Å². The lowest BCUT2D eigenvalue weighted by atomic mass is 9.96. The van der Waals surface area contributed by atoms with E-state index in [4.69, 9.17) is 5.73 Å². The van der Waals surface area contributed by atoms with Gasteiger partial charge in [-0.1, -0.05) is 41.1 Å². The highest BCUT2D eigenvalue weighted by Crippen LogP contribution is 2.29. The van der Waals surface area contributed by atoms with Crippen molar-refractivity contribution in [2.75, 3.05) is 20.6 Å². The maximum absolute atomic E-state index is 11.5. The molecule has 0 aliphatic heterocycles. The highest BCUT2D eigenvalue weighted by atomic mass is 79.9. The standard InChI is InChI=1S/C14H22BrN3O/c1-4-12(16)14(18(3)9-13(19)17-2)10-7-5-6-8-11(10)15/h5-8,12,14H,4,9,16H2,1-3H3,(H,17,19). The fourth-order valence-corrected chi connectivity index (χ4v) is 2.66. The molecule has 0 aliphatic carbocycles. The lowest BCUT2D eigenvalue weighted by Crippen LogP contribution is -2.43. The largest absolute Gasteiger partial charge is 0.358 e. The molecule has 0 radical (unpaired) electrons. The number of likely N-dealkylation sites (N-methyl/N-ethyl adjacent to an activating group) is 2. The molecular weight excluding hydrogens is 306 g/mol. The van der Waals surface area contributed by atoms with E-state index in [1.165, 1.54) is 0 Å². The second-order valence-corrected chi connectivity index (χ2v) is 5.48. The maximum Gasteiger partial charge on any atom is 0.233 e. The second-order valence-electron chi connectivity index (χ2n) is 4.63. The van der Waals surface area contributed by atoms with Gasteiger partial charge in [0.05, 0.1) is 12.6 Å². The number of hydrogen-bond donors (Lipinski definition) is 2. The number of nitrogens with two attached hydrogens (primary N) is 1. The van der Waals surface area contributed by atoms with Crippen molar-refractivity contribution in [2.45, 2.75) is 25.4 Å². The summed E-state index contributed by atoms with van der Waals surface area (Å²) in [6.45, 7) is 2.39. The number of amides is 1. The van der Waals surface area contributed by atoms with E-state index < -0.39 is 0 Å². The first-order chi connectivity index (χ1) is 9.01. The van der Waals surface area contributed by atoms with Crippen LogP contribution in [-0.2, 0) is 4.79 Å². The lowest BCUT2D eigenvalue weighted by Gasteiger charge is -2.32. The van der Waals surface area contributed by atoms with Gasteiger partial charge in [-0.3, -0.25) is 9.69 Å². The van der Waals surface area contributed by atoms with Crippen LogP contribution in [-0.4, -0.2) is 37.5 Å². The van der Waals surface area contributed by atoms with Crippen LogP contribution in [0.2, 0.25) is 0 Å². The molecule has 106 valence electrons. The highest BCUT2D eigenvalue weighted by molar-refractivity contribution is 9.10. The number of hydrogen-bond acceptors (Lipinski definition) is 3. The molecule has 5 heteroatoms. The fourth-order valence-electron chi connectivity index (χ4n) is 2.14. The second kappa shape index (κ2) is 7.62. The van der Waals surface area contributed by atoms with E-state index in [0.29, 0.717) is 6.54 Å². The van der Waals surface area contributed by atoms with Gasteiger partial charge in [0.15, 0.2) is 0 Å². The van der Waals surface area contributed by atoms with Crippen LogP contribution in [0.4, 0.5) is 0 Å². The van der Waals surface area contributed by atoms with E-state index in [1.54, 1.807) is 7.05 Å². The molecule has 19 heavy (non-hydrogen) atoms. The Morgan fingerprint density at radius 1 is 1.47 bits per heavy atom. The Bertz CT molecular complexity index is 425. The Kier molecular flexibility index (Phi) is 6.48. The smallest absolute Gasteiger partial charge is 0.233 e. The van der Waals surface area contributed by atoms with Crippen molar-refractivity contribution in [1.29, 1.82) is 0 Å². The van der Waals surface area contributed by atoms with E-state index in [2.05, 4.69) is 28.2 Å². The van der Waals surface area contributed by atoms with Crippen LogP contribution in [0, 0.1) is 0 Å². The van der Waals surface area contributed by atoms with Crippen molar-refractivity contribution in [3.05, 3.63) is 34.3 Å². The number of rotatable bonds is 6. The van der Waals surface area contributed by atoms with Crippen LogP contribution in [0.3, 0.4) is 0 Å². The van der Waals surface area contributed by atoms with E-state index >= 15 is 0 Å². The molecule has 1 aromatic rings. The third-order valence-corrected chi connectivity index (χ3v) is 3.97. The predicted octanol–water partition coefficient (Wildman–Crippen LogP) is 1.91. The van der Waals surface area contributed by atoms with Gasteiger partial charge in [0.25, 0.3) is 0 Å². The number of nitrogens with one attached hydrogen (secondary N) is 1. The molecule has 0 bridgehead atoms. The molecule has 0 saturated carbocycles. The summed E-state index contributed by atoms with van der Waals surface area (Å²) in [5.41, 5.74) is 7.36. The van der Waals surface area contributed by atoms with Gasteiger partial charge in [-0.15, -0.1) is 0 Å². The zero-order chi connectivity index (χ0) is 14.4. The number of nitrogens with zero attached hydrogens (tertiary/aromatic N) is 1. The molecular formula is C14H22BrN3O. The van der Waals surface area contributed by atoms with Crippen LogP contribution < -0.4 is 11.1 Å². The Balaban J connectivity index is 3.02. The molecule has 1 rings (SSSR count). The van der Waals surface area contributed by atoms with Gasteiger partial charge < -0.3 is 11.1 Å². The van der Waals surface area contributed by atoms with Crippen LogP contribution in [0.1, 0.15) is 24.9 Å². The van der Waals surface area contributed by atoms with Gasteiger partial charge in [0.2, 0.25) is 5.91 Å². The predicted molar refractivity (Wildman–Crippen MR) is 81.8 cm³/mol. The van der Waals surface area contributed by atoms with Gasteiger partial charge >= 0.3 is 0 Å². The molecule has 1 aromatic carbocycles. The van der Waals surface area contributed by atoms with Gasteiger partial charge in [-0.05, 0) is 25.1 Å². The molecule has 0 aliphatic rings. The summed E-state index contributed by atoms with van der Waals surface area (Å²) >= 11 is 3.56. The van der Waals surface area contributed by atoms with E-state index in [0.717, 1.165) is 16.5 Å². The Morgan fingerprint density at radius 3 is 2.63 bits per heavy atom. The highest BCUT2D eigenvalue weighted by Gasteiger charge is 2.25. The molecule has 0 spiro atoms. The summed E-state index contributed by atoms with van der Waals surface area (Å²) < 4.78 is 1.02. The van der Waals surface area contributed by atoms with Gasteiger partial charge in [0, 0.05) is 17.6 Å². The number of benzene rings is 1. The van der Waals surface area contributed by atoms with Gasteiger partial charge in [-0.2, -0.15) is 0 Å². The van der Waals surface area contributed by atoms with Crippen molar-refractivity contribution in [1.82, 2.24) is 10.2 Å². The minimum Gasteiger partial charge on any atom is -0.358 e. The molecule has 4 nitrogen and oxygen atoms in total. The molecule has 0 aromatic heterocycles. The van der Waals surface area contributed by atoms with Crippen molar-refractivity contribution >= 4 is 21.8 Å². The zero-order valence-electron chi connectivity index (χ0n) is 11.7. The SMILES string of the molecule is CCC(N)C(c1ccccc1Br)N(C)CC(=O)NC. The Hall–Kier alpha value is -0.910. The Morgan fingerprint density at radius 2 is 2.11 bits per heavy atom. The van der Waals surface area contributed by atoms with E-state index in [-0.39, 0.29) is 18.0 Å². The first-order valence-corrected chi connectivity index (χ1v) is 7.21. The number of carbonyl (C=O) groups is 1. The molecule has 2 unspecified atom stereocenters. The summed E-state index contributed by atoms with van der Waals surface area (Å²) in [5, 5.41) is 2.64. The van der Waals surface area contributed by atoms with Crippen LogP contribution in [0.25, 0.3) is 0 Å². The van der Waals surface area contributed by atoms with Crippen LogP contribution in [0.5, 0.6) is 0 Å². The summed E-state index contributed by atoms with van der Waals surface area (Å²) in [7, 11) is 3.57. The Labute approximate surface area is 123 Å². The lowest BCUT2D eigenvalue weighted by molar-refractivity contribution is -0.122. The molecule has 0 heterocycles. The molecule has 2 atom stereocenters. The summed E-state index contributed by atoms with van der Waals surface area (Å²) in [5.74, 6) is -0.0112. The van der Waals surface area contributed by atoms with Gasteiger partial charge in [-0.25, -0.2) is 0 Å². The number of halogens is 1. The van der Waals surface area contributed by atoms with E-state index in [1.807, 2.05) is 36.2 Å². The van der Waals surface area contributed by atoms with Crippen molar-refractivity contribution in [3.63, 3.8) is 0 Å². The molecule has 0 fully saturated rings. The molecule has 0 saturated heterocycles. The van der Waals surface area contributed by atoms with Crippen LogP contribution >= 0.6 is 15.9 Å². The molecule has 3 N–H and O–H groups in total. The summed E-state index contributed by atoms with van der Waals surface area (Å²) in [6.07, 6.45) is 0.851. The number of carbonyl (C=O) groups excluding carboxylic acids is 1. The molecule has 1 amide bonds. The first kappa shape index (κ1) is 16.1. The average Bonchev–Trinajstić information content (AvgIpc) is 2.40. The van der Waals surface area contributed by atoms with Crippen molar-refractivity contribution in [2.24, 2.45) is 5.73 Å². The third-order valence-electron chi connectivity index (χ3n) is 3.25. The third kappa shape index (κ3) is 4.30. The minimum absolute atomic E-state index is 0.0112. The summed E-state index contributed by atoms with van der Waals surface area (Å²) in [6, 6.07) is 8.00. The first-order valence-electron chi connectivity index (χ1n) is 6.42. The maximum atomic E-state index is 11.5. The van der Waals surface area contributed by atoms with Gasteiger partial charge in [0.1, 0.15) is 0 Å². The quantitative estimate of drug-likeness (QED) is 0.839. The summed E-state index contributed by atoms with van der Waals surface area (Å²) in [4.78, 5) is 13.5. The average molecular weight is 328 g/mol.